The second-order valence-electron chi connectivity index (χ2n) is 5.48. The zero-order valence-corrected chi connectivity index (χ0v) is 12.3. The molecule has 1 aliphatic rings. The quantitative estimate of drug-likeness (QED) is 0.911. The minimum absolute atomic E-state index is 0.290. The van der Waals surface area contributed by atoms with Gasteiger partial charge in [0.2, 0.25) is 0 Å². The first-order valence-electron chi connectivity index (χ1n) is 6.52. The van der Waals surface area contributed by atoms with Crippen molar-refractivity contribution in [3.8, 4) is 17.0 Å². The molecule has 0 bridgehead atoms. The molecular weight excluding hydrogens is 256 g/mol. The van der Waals surface area contributed by atoms with Gasteiger partial charge in [-0.1, -0.05) is 19.1 Å². The smallest absolute Gasteiger partial charge is 0.140 e. The summed E-state index contributed by atoms with van der Waals surface area (Å²) in [5, 5.41) is 1.10. The number of fused-ring (bicyclic) bond motifs is 3. The van der Waals surface area contributed by atoms with Crippen LogP contribution in [-0.2, 0) is 5.60 Å². The van der Waals surface area contributed by atoms with Gasteiger partial charge in [-0.05, 0) is 26.0 Å². The molecule has 3 nitrogen and oxygen atoms in total. The van der Waals surface area contributed by atoms with Crippen LogP contribution in [0.2, 0.25) is 0 Å². The van der Waals surface area contributed by atoms with Crippen molar-refractivity contribution in [3.63, 3.8) is 0 Å². The summed E-state index contributed by atoms with van der Waals surface area (Å²) >= 11 is 1.72. The van der Waals surface area contributed by atoms with E-state index in [-0.39, 0.29) is 5.60 Å². The highest BCUT2D eigenvalue weighted by atomic mass is 32.1. The summed E-state index contributed by atoms with van der Waals surface area (Å²) in [5.74, 6) is 1.20. The summed E-state index contributed by atoms with van der Waals surface area (Å²) < 4.78 is 6.11. The van der Waals surface area contributed by atoms with Gasteiger partial charge in [-0.25, -0.2) is 4.98 Å². The van der Waals surface area contributed by atoms with E-state index in [2.05, 4.69) is 26.8 Å². The van der Waals surface area contributed by atoms with Crippen LogP contribution in [0.25, 0.3) is 11.3 Å². The molecule has 0 saturated heterocycles. The maximum atomic E-state index is 6.11. The van der Waals surface area contributed by atoms with Gasteiger partial charge >= 0.3 is 0 Å². The first-order chi connectivity index (χ1) is 9.03. The zero-order chi connectivity index (χ0) is 13.6. The fourth-order valence-electron chi connectivity index (χ4n) is 2.31. The molecule has 4 heteroatoms. The largest absolute Gasteiger partial charge is 0.482 e. The molecule has 0 spiro atoms. The number of nitrogens with zero attached hydrogens (tertiary/aromatic N) is 1. The van der Waals surface area contributed by atoms with Crippen molar-refractivity contribution in [1.82, 2.24) is 4.98 Å². The SMILES string of the molecule is CC(CN)c1nc2c(s1)C(C)(C)Oc1ccccc1-2. The van der Waals surface area contributed by atoms with Gasteiger partial charge in [0.15, 0.2) is 0 Å². The second kappa shape index (κ2) is 4.32. The molecule has 0 fully saturated rings. The molecule has 1 atom stereocenters. The van der Waals surface area contributed by atoms with E-state index >= 15 is 0 Å². The summed E-state index contributed by atoms with van der Waals surface area (Å²) in [5.41, 5.74) is 7.58. The third-order valence-corrected chi connectivity index (χ3v) is 5.06. The average molecular weight is 274 g/mol. The Morgan fingerprint density at radius 1 is 1.37 bits per heavy atom. The molecule has 1 aliphatic heterocycles. The van der Waals surface area contributed by atoms with E-state index < -0.39 is 0 Å². The molecule has 0 amide bonds. The Labute approximate surface area is 117 Å². The lowest BCUT2D eigenvalue weighted by Gasteiger charge is -2.31. The number of nitrogens with two attached hydrogens (primary N) is 1. The molecule has 2 aromatic rings. The van der Waals surface area contributed by atoms with Gasteiger partial charge < -0.3 is 10.5 Å². The molecule has 3 rings (SSSR count). The number of thiazole rings is 1. The summed E-state index contributed by atoms with van der Waals surface area (Å²) in [6, 6.07) is 8.09. The van der Waals surface area contributed by atoms with Gasteiger partial charge in [0.05, 0.1) is 15.6 Å². The third-order valence-electron chi connectivity index (χ3n) is 3.47. The minimum atomic E-state index is -0.325. The lowest BCUT2D eigenvalue weighted by molar-refractivity contribution is 0.109. The van der Waals surface area contributed by atoms with Crippen LogP contribution in [0.15, 0.2) is 24.3 Å². The van der Waals surface area contributed by atoms with Crippen LogP contribution in [0.5, 0.6) is 5.75 Å². The Bertz CT molecular complexity index is 618. The standard InChI is InChI=1S/C15H18N2OS/c1-9(8-16)14-17-12-10-6-4-5-7-11(10)18-15(2,3)13(12)19-14/h4-7,9H,8,16H2,1-3H3. The molecule has 1 unspecified atom stereocenters. The molecule has 0 radical (unpaired) electrons. The molecule has 2 heterocycles. The van der Waals surface area contributed by atoms with Crippen LogP contribution in [0.1, 0.15) is 36.6 Å². The highest BCUT2D eigenvalue weighted by molar-refractivity contribution is 7.12. The Morgan fingerprint density at radius 3 is 2.84 bits per heavy atom. The first-order valence-corrected chi connectivity index (χ1v) is 7.34. The van der Waals surface area contributed by atoms with Gasteiger partial charge in [-0.3, -0.25) is 0 Å². The normalized spacial score (nSPS) is 17.3. The van der Waals surface area contributed by atoms with Crippen molar-refractivity contribution in [2.75, 3.05) is 6.54 Å². The number of ether oxygens (including phenoxy) is 1. The number of hydrogen-bond acceptors (Lipinski definition) is 4. The summed E-state index contributed by atoms with van der Waals surface area (Å²) in [7, 11) is 0. The number of para-hydroxylation sites is 1. The predicted octanol–water partition coefficient (Wildman–Crippen LogP) is 3.50. The van der Waals surface area contributed by atoms with Crippen molar-refractivity contribution in [3.05, 3.63) is 34.2 Å². The van der Waals surface area contributed by atoms with Gasteiger partial charge in [0.25, 0.3) is 0 Å². The van der Waals surface area contributed by atoms with Crippen LogP contribution in [0.3, 0.4) is 0 Å². The highest BCUT2D eigenvalue weighted by Crippen LogP contribution is 2.47. The van der Waals surface area contributed by atoms with Crippen molar-refractivity contribution in [1.29, 1.82) is 0 Å². The Kier molecular flexibility index (Phi) is 2.87. The van der Waals surface area contributed by atoms with Gasteiger partial charge in [0, 0.05) is 18.0 Å². The van der Waals surface area contributed by atoms with Crippen molar-refractivity contribution < 1.29 is 4.74 Å². The Morgan fingerprint density at radius 2 is 2.11 bits per heavy atom. The van der Waals surface area contributed by atoms with Crippen molar-refractivity contribution >= 4 is 11.3 Å². The number of aromatic nitrogens is 1. The topological polar surface area (TPSA) is 48.1 Å². The van der Waals surface area contributed by atoms with Crippen LogP contribution < -0.4 is 10.5 Å². The van der Waals surface area contributed by atoms with E-state index in [1.807, 2.05) is 18.2 Å². The second-order valence-corrected chi connectivity index (χ2v) is 6.51. The van der Waals surface area contributed by atoms with Gasteiger partial charge in [-0.15, -0.1) is 11.3 Å². The van der Waals surface area contributed by atoms with Crippen LogP contribution >= 0.6 is 11.3 Å². The first kappa shape index (κ1) is 12.6. The van der Waals surface area contributed by atoms with E-state index in [9.17, 15) is 0 Å². The minimum Gasteiger partial charge on any atom is -0.482 e. The van der Waals surface area contributed by atoms with Crippen LogP contribution in [-0.4, -0.2) is 11.5 Å². The third kappa shape index (κ3) is 1.95. The fourth-order valence-corrected chi connectivity index (χ4v) is 3.49. The van der Waals surface area contributed by atoms with E-state index in [1.165, 1.54) is 4.88 Å². The lowest BCUT2D eigenvalue weighted by atomic mass is 9.97. The van der Waals surface area contributed by atoms with Gasteiger partial charge in [0.1, 0.15) is 11.4 Å². The summed E-state index contributed by atoms with van der Waals surface area (Å²) in [6.45, 7) is 6.92. The molecule has 1 aromatic carbocycles. The Hall–Kier alpha value is -1.39. The van der Waals surface area contributed by atoms with Crippen molar-refractivity contribution in [2.24, 2.45) is 5.73 Å². The van der Waals surface area contributed by atoms with Crippen LogP contribution in [0.4, 0.5) is 0 Å². The molecule has 0 saturated carbocycles. The summed E-state index contributed by atoms with van der Waals surface area (Å²) in [6.07, 6.45) is 0. The van der Waals surface area contributed by atoms with Crippen LogP contribution in [0, 0.1) is 0 Å². The van der Waals surface area contributed by atoms with E-state index in [0.29, 0.717) is 12.5 Å². The molecule has 100 valence electrons. The monoisotopic (exact) mass is 274 g/mol. The average Bonchev–Trinajstić information content (AvgIpc) is 2.84. The zero-order valence-electron chi connectivity index (χ0n) is 11.4. The van der Waals surface area contributed by atoms with Crippen molar-refractivity contribution in [2.45, 2.75) is 32.3 Å². The number of hydrogen-bond donors (Lipinski definition) is 1. The van der Waals surface area contributed by atoms with Gasteiger partial charge in [-0.2, -0.15) is 0 Å². The predicted molar refractivity (Wildman–Crippen MR) is 78.7 cm³/mol. The van der Waals surface area contributed by atoms with E-state index in [0.717, 1.165) is 22.0 Å². The maximum Gasteiger partial charge on any atom is 0.140 e. The fraction of sp³-hybridized carbons (Fsp3) is 0.400. The molecular formula is C15H18N2OS. The Balaban J connectivity index is 2.20. The molecule has 0 aliphatic carbocycles. The number of rotatable bonds is 2. The highest BCUT2D eigenvalue weighted by Gasteiger charge is 2.36. The van der Waals surface area contributed by atoms with E-state index in [4.69, 9.17) is 15.5 Å². The molecule has 19 heavy (non-hydrogen) atoms. The molecule has 2 N–H and O–H groups in total. The number of benzene rings is 1. The maximum absolute atomic E-state index is 6.11. The summed E-state index contributed by atoms with van der Waals surface area (Å²) in [4.78, 5) is 6.01. The lowest BCUT2D eigenvalue weighted by Crippen LogP contribution is -2.27. The van der Waals surface area contributed by atoms with E-state index in [1.54, 1.807) is 11.3 Å². The molecule has 1 aromatic heterocycles.